The first-order chi connectivity index (χ1) is 11.6. The summed E-state index contributed by atoms with van der Waals surface area (Å²) in [4.78, 5) is 28.1. The molecule has 7 nitrogen and oxygen atoms in total. The van der Waals surface area contributed by atoms with E-state index in [1.807, 2.05) is 0 Å². The Bertz CT molecular complexity index is 847. The summed E-state index contributed by atoms with van der Waals surface area (Å²) in [5.41, 5.74) is 0.603. The smallest absolute Gasteiger partial charge is 0.330 e. The molecule has 2 heterocycles. The number of nitrogens with zero attached hydrogens (tertiary/aromatic N) is 3. The van der Waals surface area contributed by atoms with Gasteiger partial charge < -0.3 is 10.4 Å². The second-order valence-corrected chi connectivity index (χ2v) is 4.99. The molecule has 1 aromatic carbocycles. The van der Waals surface area contributed by atoms with Gasteiger partial charge in [-0.2, -0.15) is 5.10 Å². The van der Waals surface area contributed by atoms with Crippen LogP contribution in [-0.4, -0.2) is 31.7 Å². The molecule has 0 bridgehead atoms. The minimum atomic E-state index is -1.14. The van der Waals surface area contributed by atoms with Crippen LogP contribution in [0.5, 0.6) is 0 Å². The minimum Gasteiger partial charge on any atom is -0.479 e. The largest absolute Gasteiger partial charge is 0.479 e. The van der Waals surface area contributed by atoms with Crippen molar-refractivity contribution in [2.45, 2.75) is 6.04 Å². The fourth-order valence-electron chi connectivity index (χ4n) is 2.22. The molecule has 7 heteroatoms. The number of aliphatic carboxylic acids is 1. The molecule has 1 atom stereocenters. The highest BCUT2D eigenvalue weighted by Crippen LogP contribution is 2.14. The van der Waals surface area contributed by atoms with E-state index >= 15 is 0 Å². The van der Waals surface area contributed by atoms with Gasteiger partial charge in [-0.05, 0) is 23.8 Å². The Morgan fingerprint density at radius 3 is 2.50 bits per heavy atom. The van der Waals surface area contributed by atoms with Gasteiger partial charge in [-0.3, -0.25) is 4.79 Å². The molecule has 1 amide bonds. The maximum Gasteiger partial charge on any atom is 0.330 e. The van der Waals surface area contributed by atoms with Crippen LogP contribution in [0.15, 0.2) is 67.0 Å². The highest BCUT2D eigenvalue weighted by atomic mass is 16.4. The molecule has 0 aliphatic carbocycles. The standard InChI is InChI=1S/C17H14N4O3/c22-16(20-15(17(23)24)12-6-2-1-3-7-12)13-8-4-9-14(19-13)21-11-5-10-18-21/h1-11,15H,(H,20,22)(H,23,24)/t15-/m0/s1. The number of aromatic nitrogens is 3. The molecule has 0 unspecified atom stereocenters. The van der Waals surface area contributed by atoms with E-state index in [4.69, 9.17) is 0 Å². The van der Waals surface area contributed by atoms with Crippen molar-refractivity contribution < 1.29 is 14.7 Å². The first kappa shape index (κ1) is 15.4. The summed E-state index contributed by atoms with van der Waals surface area (Å²) >= 11 is 0. The molecule has 0 aliphatic rings. The summed E-state index contributed by atoms with van der Waals surface area (Å²) in [6.45, 7) is 0. The van der Waals surface area contributed by atoms with E-state index in [1.54, 1.807) is 60.9 Å². The molecule has 0 aliphatic heterocycles. The lowest BCUT2D eigenvalue weighted by molar-refractivity contribution is -0.139. The monoisotopic (exact) mass is 322 g/mol. The van der Waals surface area contributed by atoms with Gasteiger partial charge in [0, 0.05) is 12.4 Å². The molecule has 2 aromatic heterocycles. The second-order valence-electron chi connectivity index (χ2n) is 4.99. The summed E-state index contributed by atoms with van der Waals surface area (Å²) < 4.78 is 1.52. The van der Waals surface area contributed by atoms with Gasteiger partial charge in [0.1, 0.15) is 5.69 Å². The predicted octanol–water partition coefficient (Wildman–Crippen LogP) is 1.82. The van der Waals surface area contributed by atoms with E-state index in [0.29, 0.717) is 11.4 Å². The Morgan fingerprint density at radius 1 is 1.04 bits per heavy atom. The number of hydrogen-bond acceptors (Lipinski definition) is 4. The molecule has 0 fully saturated rings. The average Bonchev–Trinajstić information content (AvgIpc) is 3.15. The number of hydrogen-bond donors (Lipinski definition) is 2. The van der Waals surface area contributed by atoms with Gasteiger partial charge in [0.05, 0.1) is 0 Å². The van der Waals surface area contributed by atoms with E-state index in [0.717, 1.165) is 0 Å². The first-order valence-electron chi connectivity index (χ1n) is 7.21. The highest BCUT2D eigenvalue weighted by Gasteiger charge is 2.23. The van der Waals surface area contributed by atoms with Crippen molar-refractivity contribution in [2.24, 2.45) is 0 Å². The summed E-state index contributed by atoms with van der Waals surface area (Å²) in [5, 5.41) is 15.9. The topological polar surface area (TPSA) is 97.1 Å². The molecular formula is C17H14N4O3. The Balaban J connectivity index is 1.84. The van der Waals surface area contributed by atoms with Gasteiger partial charge >= 0.3 is 5.97 Å². The zero-order valence-corrected chi connectivity index (χ0v) is 12.5. The number of rotatable bonds is 5. The zero-order valence-electron chi connectivity index (χ0n) is 12.5. The summed E-state index contributed by atoms with van der Waals surface area (Å²) in [7, 11) is 0. The number of amides is 1. The Kier molecular flexibility index (Phi) is 4.33. The number of carbonyl (C=O) groups excluding carboxylic acids is 1. The van der Waals surface area contributed by atoms with Crippen LogP contribution in [0.25, 0.3) is 5.82 Å². The Morgan fingerprint density at radius 2 is 1.83 bits per heavy atom. The van der Waals surface area contributed by atoms with Crippen LogP contribution in [0.4, 0.5) is 0 Å². The number of benzene rings is 1. The lowest BCUT2D eigenvalue weighted by Gasteiger charge is -2.14. The van der Waals surface area contributed by atoms with Gasteiger partial charge in [0.15, 0.2) is 11.9 Å². The van der Waals surface area contributed by atoms with E-state index in [-0.39, 0.29) is 5.69 Å². The molecule has 0 saturated heterocycles. The Hall–Kier alpha value is -3.48. The number of carbonyl (C=O) groups is 2. The summed E-state index contributed by atoms with van der Waals surface area (Å²) in [6.07, 6.45) is 3.30. The van der Waals surface area contributed by atoms with Crippen LogP contribution in [0, 0.1) is 0 Å². The Labute approximate surface area is 137 Å². The number of pyridine rings is 1. The van der Waals surface area contributed by atoms with Crippen molar-refractivity contribution in [1.82, 2.24) is 20.1 Å². The molecule has 2 N–H and O–H groups in total. The zero-order chi connectivity index (χ0) is 16.9. The highest BCUT2D eigenvalue weighted by molar-refractivity contribution is 5.95. The predicted molar refractivity (Wildman–Crippen MR) is 85.6 cm³/mol. The van der Waals surface area contributed by atoms with Crippen molar-refractivity contribution in [2.75, 3.05) is 0 Å². The SMILES string of the molecule is O=C(N[C@H](C(=O)O)c1ccccc1)c1cccc(-n2cccn2)n1. The van der Waals surface area contributed by atoms with Crippen molar-refractivity contribution in [3.05, 3.63) is 78.2 Å². The molecule has 0 radical (unpaired) electrons. The van der Waals surface area contributed by atoms with Gasteiger partial charge in [-0.25, -0.2) is 14.5 Å². The third-order valence-electron chi connectivity index (χ3n) is 3.36. The fraction of sp³-hybridized carbons (Fsp3) is 0.0588. The lowest BCUT2D eigenvalue weighted by atomic mass is 10.1. The molecule has 120 valence electrons. The van der Waals surface area contributed by atoms with E-state index in [2.05, 4.69) is 15.4 Å². The molecule has 24 heavy (non-hydrogen) atoms. The van der Waals surface area contributed by atoms with Crippen LogP contribution in [0.3, 0.4) is 0 Å². The van der Waals surface area contributed by atoms with Gasteiger partial charge in [0.25, 0.3) is 5.91 Å². The second kappa shape index (κ2) is 6.74. The summed E-state index contributed by atoms with van der Waals surface area (Å²) in [6, 6.07) is 14.0. The van der Waals surface area contributed by atoms with Crippen molar-refractivity contribution in [3.8, 4) is 5.82 Å². The maximum absolute atomic E-state index is 12.4. The molecular weight excluding hydrogens is 308 g/mol. The van der Waals surface area contributed by atoms with Crippen LogP contribution in [-0.2, 0) is 4.79 Å². The molecule has 0 saturated carbocycles. The third-order valence-corrected chi connectivity index (χ3v) is 3.36. The van der Waals surface area contributed by atoms with Crippen molar-refractivity contribution in [3.63, 3.8) is 0 Å². The number of nitrogens with one attached hydrogen (secondary N) is 1. The lowest BCUT2D eigenvalue weighted by Crippen LogP contribution is -2.34. The van der Waals surface area contributed by atoms with Gasteiger partial charge in [-0.15, -0.1) is 0 Å². The van der Waals surface area contributed by atoms with Crippen molar-refractivity contribution >= 4 is 11.9 Å². The quantitative estimate of drug-likeness (QED) is 0.747. The number of carboxylic acids is 1. The molecule has 0 spiro atoms. The van der Waals surface area contributed by atoms with E-state index in [9.17, 15) is 14.7 Å². The van der Waals surface area contributed by atoms with E-state index < -0.39 is 17.9 Å². The normalized spacial score (nSPS) is 11.7. The first-order valence-corrected chi connectivity index (χ1v) is 7.21. The minimum absolute atomic E-state index is 0.116. The maximum atomic E-state index is 12.4. The van der Waals surface area contributed by atoms with Gasteiger partial charge in [0.2, 0.25) is 0 Å². The molecule has 3 aromatic rings. The van der Waals surface area contributed by atoms with E-state index in [1.165, 1.54) is 10.7 Å². The van der Waals surface area contributed by atoms with Gasteiger partial charge in [-0.1, -0.05) is 36.4 Å². The molecule has 3 rings (SSSR count). The average molecular weight is 322 g/mol. The van der Waals surface area contributed by atoms with Crippen LogP contribution >= 0.6 is 0 Å². The van der Waals surface area contributed by atoms with Crippen LogP contribution in [0.1, 0.15) is 22.1 Å². The van der Waals surface area contributed by atoms with Crippen molar-refractivity contribution in [1.29, 1.82) is 0 Å². The summed E-state index contributed by atoms with van der Waals surface area (Å²) in [5.74, 6) is -1.24. The van der Waals surface area contributed by atoms with Crippen LogP contribution < -0.4 is 5.32 Å². The fourth-order valence-corrected chi connectivity index (χ4v) is 2.22. The number of carboxylic acid groups (broad SMARTS) is 1. The third kappa shape index (κ3) is 3.30. The van der Waals surface area contributed by atoms with Crippen LogP contribution in [0.2, 0.25) is 0 Å².